The minimum absolute atomic E-state index is 0.0483. The number of non-ortho nitro benzene ring substituents is 1. The summed E-state index contributed by atoms with van der Waals surface area (Å²) in [5, 5.41) is 10.7. The van der Waals surface area contributed by atoms with Crippen LogP contribution in [-0.4, -0.2) is 4.92 Å². The molecule has 2 aromatic rings. The zero-order chi connectivity index (χ0) is 12.7. The molecular formula is C13H8BrNO3. The molecule has 0 radical (unpaired) electrons. The lowest BCUT2D eigenvalue weighted by Crippen LogP contribution is -2.03. The molecule has 0 amide bonds. The topological polar surface area (TPSA) is 52.4 Å². The van der Waals surface area contributed by atoms with E-state index in [0.29, 0.717) is 5.75 Å². The summed E-state index contributed by atoms with van der Waals surface area (Å²) in [5.74, 6) is 1.31. The molecule has 0 aromatic heterocycles. The van der Waals surface area contributed by atoms with Crippen molar-refractivity contribution in [1.82, 2.24) is 0 Å². The fourth-order valence-corrected chi connectivity index (χ4v) is 2.33. The second kappa shape index (κ2) is 4.10. The zero-order valence-electron chi connectivity index (χ0n) is 9.22. The Kier molecular flexibility index (Phi) is 2.56. The second-order valence-electron chi connectivity index (χ2n) is 4.08. The first kappa shape index (κ1) is 11.2. The van der Waals surface area contributed by atoms with E-state index >= 15 is 0 Å². The molecule has 18 heavy (non-hydrogen) atoms. The van der Waals surface area contributed by atoms with Crippen molar-refractivity contribution >= 4 is 21.6 Å². The van der Waals surface area contributed by atoms with Crippen molar-refractivity contribution in [2.45, 2.75) is 6.42 Å². The van der Waals surface area contributed by atoms with Gasteiger partial charge >= 0.3 is 0 Å². The number of hydrogen-bond acceptors (Lipinski definition) is 3. The molecule has 0 bridgehead atoms. The van der Waals surface area contributed by atoms with Gasteiger partial charge in [0.25, 0.3) is 5.69 Å². The Morgan fingerprint density at radius 1 is 1.11 bits per heavy atom. The molecule has 0 fully saturated rings. The van der Waals surface area contributed by atoms with Crippen LogP contribution in [-0.2, 0) is 6.42 Å². The largest absolute Gasteiger partial charge is 0.456 e. The lowest BCUT2D eigenvalue weighted by molar-refractivity contribution is -0.384. The van der Waals surface area contributed by atoms with E-state index in [4.69, 9.17) is 4.74 Å². The van der Waals surface area contributed by atoms with E-state index in [-0.39, 0.29) is 5.69 Å². The summed E-state index contributed by atoms with van der Waals surface area (Å²) in [4.78, 5) is 10.3. The molecule has 4 nitrogen and oxygen atoms in total. The predicted molar refractivity (Wildman–Crippen MR) is 70.1 cm³/mol. The summed E-state index contributed by atoms with van der Waals surface area (Å²) in [6.45, 7) is 0. The molecule has 0 atom stereocenters. The summed E-state index contributed by atoms with van der Waals surface area (Å²) in [7, 11) is 0. The highest BCUT2D eigenvalue weighted by Gasteiger charge is 2.19. The number of nitrogens with zero attached hydrogens (tertiary/aromatic N) is 1. The Bertz CT molecular complexity index is 655. The van der Waals surface area contributed by atoms with Gasteiger partial charge in [-0.2, -0.15) is 0 Å². The summed E-state index contributed by atoms with van der Waals surface area (Å²) in [6.07, 6.45) is 0.732. The maximum atomic E-state index is 10.7. The molecule has 5 heteroatoms. The van der Waals surface area contributed by atoms with Gasteiger partial charge in [0.2, 0.25) is 0 Å². The molecule has 3 rings (SSSR count). The molecule has 90 valence electrons. The SMILES string of the molecule is O=[N+]([O-])c1ccc2c(c1)Oc1cc(Br)ccc1C2. The van der Waals surface area contributed by atoms with Crippen molar-refractivity contribution in [3.8, 4) is 11.5 Å². The van der Waals surface area contributed by atoms with E-state index in [9.17, 15) is 10.1 Å². The third-order valence-corrected chi connectivity index (χ3v) is 3.38. The minimum atomic E-state index is -0.417. The predicted octanol–water partition coefficient (Wildman–Crippen LogP) is 4.05. The molecule has 1 aliphatic heterocycles. The quantitative estimate of drug-likeness (QED) is 0.503. The Morgan fingerprint density at radius 3 is 2.50 bits per heavy atom. The van der Waals surface area contributed by atoms with Crippen molar-refractivity contribution < 1.29 is 9.66 Å². The highest BCUT2D eigenvalue weighted by atomic mass is 79.9. The Morgan fingerprint density at radius 2 is 1.78 bits per heavy atom. The lowest BCUT2D eigenvalue weighted by atomic mass is 10.0. The first-order valence-electron chi connectivity index (χ1n) is 5.37. The number of fused-ring (bicyclic) bond motifs is 2. The number of ether oxygens (including phenoxy) is 1. The van der Waals surface area contributed by atoms with Gasteiger partial charge in [0.05, 0.1) is 11.0 Å². The van der Waals surface area contributed by atoms with Crippen LogP contribution in [0.3, 0.4) is 0 Å². The smallest absolute Gasteiger partial charge is 0.273 e. The van der Waals surface area contributed by atoms with Gasteiger partial charge in [-0.05, 0) is 29.3 Å². The molecular weight excluding hydrogens is 298 g/mol. The van der Waals surface area contributed by atoms with Crippen LogP contribution in [0.4, 0.5) is 5.69 Å². The van der Waals surface area contributed by atoms with Gasteiger partial charge in [-0.1, -0.05) is 22.0 Å². The van der Waals surface area contributed by atoms with Gasteiger partial charge in [-0.3, -0.25) is 10.1 Å². The Hall–Kier alpha value is -1.88. The van der Waals surface area contributed by atoms with E-state index in [1.54, 1.807) is 6.07 Å². The highest BCUT2D eigenvalue weighted by molar-refractivity contribution is 9.10. The van der Waals surface area contributed by atoms with Gasteiger partial charge in [-0.25, -0.2) is 0 Å². The summed E-state index contributed by atoms with van der Waals surface area (Å²) < 4.78 is 6.64. The first-order valence-corrected chi connectivity index (χ1v) is 6.16. The summed E-state index contributed by atoms with van der Waals surface area (Å²) in [5.41, 5.74) is 2.10. The number of halogens is 1. The highest BCUT2D eigenvalue weighted by Crippen LogP contribution is 2.39. The van der Waals surface area contributed by atoms with E-state index in [2.05, 4.69) is 15.9 Å². The fraction of sp³-hybridized carbons (Fsp3) is 0.0769. The van der Waals surface area contributed by atoms with Crippen LogP contribution in [0, 0.1) is 10.1 Å². The average molecular weight is 306 g/mol. The Labute approximate surface area is 111 Å². The third-order valence-electron chi connectivity index (χ3n) is 2.89. The normalized spacial score (nSPS) is 12.3. The maximum absolute atomic E-state index is 10.7. The second-order valence-corrected chi connectivity index (χ2v) is 5.00. The third kappa shape index (κ3) is 1.86. The number of hydrogen-bond donors (Lipinski definition) is 0. The molecule has 1 heterocycles. The molecule has 0 unspecified atom stereocenters. The molecule has 0 saturated carbocycles. The molecule has 0 aliphatic carbocycles. The van der Waals surface area contributed by atoms with E-state index in [1.165, 1.54) is 12.1 Å². The van der Waals surface area contributed by atoms with Crippen LogP contribution in [0.1, 0.15) is 11.1 Å². The van der Waals surface area contributed by atoms with Crippen LogP contribution in [0.15, 0.2) is 40.9 Å². The number of nitro benzene ring substituents is 1. The van der Waals surface area contributed by atoms with Crippen LogP contribution in [0.5, 0.6) is 11.5 Å². The van der Waals surface area contributed by atoms with Crippen LogP contribution < -0.4 is 4.74 Å². The van der Waals surface area contributed by atoms with Crippen molar-refractivity contribution in [2.24, 2.45) is 0 Å². The Balaban J connectivity index is 2.05. The molecule has 1 aliphatic rings. The standard InChI is InChI=1S/C13H8BrNO3/c14-10-3-1-8-5-9-2-4-11(15(16)17)7-13(9)18-12(8)6-10/h1-4,6-7H,5H2. The van der Waals surface area contributed by atoms with Crippen LogP contribution in [0.25, 0.3) is 0 Å². The van der Waals surface area contributed by atoms with E-state index in [1.807, 2.05) is 18.2 Å². The fourth-order valence-electron chi connectivity index (χ4n) is 1.99. The van der Waals surface area contributed by atoms with Gasteiger partial charge in [0.1, 0.15) is 11.5 Å². The van der Waals surface area contributed by atoms with Crippen molar-refractivity contribution in [1.29, 1.82) is 0 Å². The zero-order valence-corrected chi connectivity index (χ0v) is 10.8. The van der Waals surface area contributed by atoms with Gasteiger partial charge in [0.15, 0.2) is 0 Å². The molecule has 2 aromatic carbocycles. The van der Waals surface area contributed by atoms with Gasteiger partial charge in [0, 0.05) is 17.0 Å². The summed E-state index contributed by atoms with van der Waals surface area (Å²) >= 11 is 3.38. The maximum Gasteiger partial charge on any atom is 0.273 e. The average Bonchev–Trinajstić information content (AvgIpc) is 2.35. The summed E-state index contributed by atoms with van der Waals surface area (Å²) in [6, 6.07) is 10.5. The monoisotopic (exact) mass is 305 g/mol. The van der Waals surface area contributed by atoms with Gasteiger partial charge in [-0.15, -0.1) is 0 Å². The van der Waals surface area contributed by atoms with Crippen LogP contribution >= 0.6 is 15.9 Å². The van der Waals surface area contributed by atoms with E-state index < -0.39 is 4.92 Å². The molecule has 0 spiro atoms. The first-order chi connectivity index (χ1) is 8.63. The minimum Gasteiger partial charge on any atom is -0.456 e. The van der Waals surface area contributed by atoms with Gasteiger partial charge < -0.3 is 4.74 Å². The van der Waals surface area contributed by atoms with Crippen LogP contribution in [0.2, 0.25) is 0 Å². The molecule has 0 N–H and O–H groups in total. The number of nitro groups is 1. The van der Waals surface area contributed by atoms with E-state index in [0.717, 1.165) is 27.8 Å². The molecule has 0 saturated heterocycles. The number of benzene rings is 2. The van der Waals surface area contributed by atoms with Crippen molar-refractivity contribution in [3.05, 3.63) is 62.1 Å². The lowest BCUT2D eigenvalue weighted by Gasteiger charge is -2.20. The number of rotatable bonds is 1. The van der Waals surface area contributed by atoms with Crippen molar-refractivity contribution in [3.63, 3.8) is 0 Å². The van der Waals surface area contributed by atoms with Crippen molar-refractivity contribution in [2.75, 3.05) is 0 Å².